The molecule has 56 valence electrons. The molecule has 1 saturated carbocycles. The topological polar surface area (TPSA) is 20.2 Å². The van der Waals surface area contributed by atoms with Crippen molar-refractivity contribution in [2.45, 2.75) is 38.7 Å². The van der Waals surface area contributed by atoms with Gasteiger partial charge >= 0.3 is 0 Å². The third-order valence-corrected chi connectivity index (χ3v) is 2.49. The van der Waals surface area contributed by atoms with Crippen molar-refractivity contribution in [1.29, 1.82) is 0 Å². The highest BCUT2D eigenvalue weighted by molar-refractivity contribution is 5.08. The molecule has 0 heterocycles. The van der Waals surface area contributed by atoms with Crippen LogP contribution in [0.25, 0.3) is 0 Å². The monoisotopic (exact) mass is 138 g/mol. The first kappa shape index (κ1) is 7.63. The Morgan fingerprint density at radius 1 is 1.60 bits per heavy atom. The maximum absolute atomic E-state index is 9.49. The van der Waals surface area contributed by atoms with Crippen LogP contribution in [0.4, 0.5) is 0 Å². The van der Waals surface area contributed by atoms with E-state index < -0.39 is 0 Å². The van der Waals surface area contributed by atoms with Crippen LogP contribution in [-0.4, -0.2) is 11.2 Å². The van der Waals surface area contributed by atoms with E-state index in [1.165, 1.54) is 0 Å². The van der Waals surface area contributed by atoms with Crippen molar-refractivity contribution < 1.29 is 5.11 Å². The third kappa shape index (κ3) is 1.17. The molecule has 2 atom stereocenters. The molecule has 0 aromatic carbocycles. The van der Waals surface area contributed by atoms with Crippen molar-refractivity contribution in [2.24, 2.45) is 5.41 Å². The Hall–Kier alpha value is -0.480. The molecule has 0 bridgehead atoms. The average molecular weight is 138 g/mol. The molecular weight excluding hydrogens is 124 g/mol. The Morgan fingerprint density at radius 3 is 2.70 bits per heavy atom. The maximum atomic E-state index is 9.49. The number of rotatable bonds is 0. The van der Waals surface area contributed by atoms with Crippen LogP contribution in [0.1, 0.15) is 32.6 Å². The zero-order valence-corrected chi connectivity index (χ0v) is 6.43. The second kappa shape index (κ2) is 2.64. The van der Waals surface area contributed by atoms with Crippen LogP contribution in [0.3, 0.4) is 0 Å². The fourth-order valence-electron chi connectivity index (χ4n) is 1.48. The van der Waals surface area contributed by atoms with E-state index in [4.69, 9.17) is 6.42 Å². The van der Waals surface area contributed by atoms with Crippen LogP contribution in [0.15, 0.2) is 0 Å². The van der Waals surface area contributed by atoms with Crippen molar-refractivity contribution in [3.63, 3.8) is 0 Å². The minimum atomic E-state index is -0.272. The number of hydrogen-bond acceptors (Lipinski definition) is 1. The van der Waals surface area contributed by atoms with Gasteiger partial charge in [-0.1, -0.05) is 18.8 Å². The van der Waals surface area contributed by atoms with Crippen LogP contribution in [-0.2, 0) is 0 Å². The lowest BCUT2D eigenvalue weighted by Gasteiger charge is -2.33. The van der Waals surface area contributed by atoms with E-state index in [1.54, 1.807) is 0 Å². The second-order valence-electron chi connectivity index (χ2n) is 3.32. The first-order valence-electron chi connectivity index (χ1n) is 3.85. The van der Waals surface area contributed by atoms with Gasteiger partial charge in [0.05, 0.1) is 11.5 Å². The first-order chi connectivity index (χ1) is 4.69. The molecule has 0 unspecified atom stereocenters. The SMILES string of the molecule is C#C[C@@]1(C)CCCC[C@H]1O. The molecule has 1 rings (SSSR count). The van der Waals surface area contributed by atoms with Gasteiger partial charge in [0.15, 0.2) is 0 Å². The van der Waals surface area contributed by atoms with Crippen LogP contribution in [0.2, 0.25) is 0 Å². The van der Waals surface area contributed by atoms with Crippen molar-refractivity contribution in [2.75, 3.05) is 0 Å². The molecule has 1 nitrogen and oxygen atoms in total. The van der Waals surface area contributed by atoms with Gasteiger partial charge in [0, 0.05) is 0 Å². The van der Waals surface area contributed by atoms with Gasteiger partial charge in [0.2, 0.25) is 0 Å². The molecule has 1 heteroatoms. The highest BCUT2D eigenvalue weighted by Crippen LogP contribution is 2.34. The lowest BCUT2D eigenvalue weighted by atomic mass is 9.74. The van der Waals surface area contributed by atoms with Gasteiger partial charge < -0.3 is 5.11 Å². The lowest BCUT2D eigenvalue weighted by molar-refractivity contribution is 0.0390. The summed E-state index contributed by atoms with van der Waals surface area (Å²) >= 11 is 0. The number of aliphatic hydroxyl groups excluding tert-OH is 1. The average Bonchev–Trinajstić information content (AvgIpc) is 1.96. The van der Waals surface area contributed by atoms with Crippen LogP contribution < -0.4 is 0 Å². The van der Waals surface area contributed by atoms with Crippen LogP contribution >= 0.6 is 0 Å². The predicted molar refractivity (Wildman–Crippen MR) is 41.4 cm³/mol. The van der Waals surface area contributed by atoms with Crippen molar-refractivity contribution >= 4 is 0 Å². The van der Waals surface area contributed by atoms with Gasteiger partial charge in [0.25, 0.3) is 0 Å². The predicted octanol–water partition coefficient (Wildman–Crippen LogP) is 1.56. The van der Waals surface area contributed by atoms with Gasteiger partial charge in [-0.2, -0.15) is 0 Å². The quantitative estimate of drug-likeness (QED) is 0.504. The van der Waals surface area contributed by atoms with Crippen molar-refractivity contribution in [3.05, 3.63) is 0 Å². The van der Waals surface area contributed by atoms with Crippen molar-refractivity contribution in [3.8, 4) is 12.3 Å². The van der Waals surface area contributed by atoms with E-state index in [2.05, 4.69) is 5.92 Å². The molecule has 0 radical (unpaired) electrons. The molecule has 1 fully saturated rings. The fourth-order valence-corrected chi connectivity index (χ4v) is 1.48. The van der Waals surface area contributed by atoms with E-state index in [1.807, 2.05) is 6.92 Å². The van der Waals surface area contributed by atoms with Gasteiger partial charge in [-0.3, -0.25) is 0 Å². The number of terminal acetylenes is 1. The molecule has 0 aromatic heterocycles. The van der Waals surface area contributed by atoms with E-state index >= 15 is 0 Å². The fraction of sp³-hybridized carbons (Fsp3) is 0.778. The van der Waals surface area contributed by atoms with Gasteiger partial charge in [-0.15, -0.1) is 6.42 Å². The summed E-state index contributed by atoms with van der Waals surface area (Å²) in [6.45, 7) is 1.97. The van der Waals surface area contributed by atoms with Crippen molar-refractivity contribution in [1.82, 2.24) is 0 Å². The minimum absolute atomic E-state index is 0.238. The first-order valence-corrected chi connectivity index (χ1v) is 3.85. The van der Waals surface area contributed by atoms with Crippen LogP contribution in [0, 0.1) is 17.8 Å². The molecule has 1 aliphatic carbocycles. The standard InChI is InChI=1S/C9H14O/c1-3-9(2)7-5-4-6-8(9)10/h1,8,10H,4-7H2,2H3/t8-,9+/m1/s1. The van der Waals surface area contributed by atoms with Gasteiger partial charge in [-0.05, 0) is 19.8 Å². The highest BCUT2D eigenvalue weighted by atomic mass is 16.3. The largest absolute Gasteiger partial charge is 0.392 e. The van der Waals surface area contributed by atoms with E-state index in [0.29, 0.717) is 0 Å². The Morgan fingerprint density at radius 2 is 2.30 bits per heavy atom. The Balaban J connectivity index is 2.65. The van der Waals surface area contributed by atoms with E-state index in [-0.39, 0.29) is 11.5 Å². The summed E-state index contributed by atoms with van der Waals surface area (Å²) in [7, 11) is 0. The molecule has 0 amide bonds. The number of hydrogen-bond donors (Lipinski definition) is 1. The molecule has 1 aliphatic rings. The van der Waals surface area contributed by atoms with Gasteiger partial charge in [0.1, 0.15) is 0 Å². The maximum Gasteiger partial charge on any atom is 0.0702 e. The summed E-state index contributed by atoms with van der Waals surface area (Å²) in [4.78, 5) is 0. The molecule has 0 saturated heterocycles. The summed E-state index contributed by atoms with van der Waals surface area (Å²) < 4.78 is 0. The molecule has 0 spiro atoms. The zero-order valence-electron chi connectivity index (χ0n) is 6.43. The summed E-state index contributed by atoms with van der Waals surface area (Å²) in [5.74, 6) is 2.68. The third-order valence-electron chi connectivity index (χ3n) is 2.49. The number of aliphatic hydroxyl groups is 1. The molecule has 0 aliphatic heterocycles. The van der Waals surface area contributed by atoms with E-state index in [9.17, 15) is 5.11 Å². The molecular formula is C9H14O. The minimum Gasteiger partial charge on any atom is -0.392 e. The lowest BCUT2D eigenvalue weighted by Crippen LogP contribution is -2.33. The Labute approximate surface area is 62.4 Å². The molecule has 10 heavy (non-hydrogen) atoms. The zero-order chi connectivity index (χ0) is 7.61. The van der Waals surface area contributed by atoms with Crippen LogP contribution in [0.5, 0.6) is 0 Å². The second-order valence-corrected chi connectivity index (χ2v) is 3.32. The van der Waals surface area contributed by atoms with E-state index in [0.717, 1.165) is 25.7 Å². The summed E-state index contributed by atoms with van der Waals surface area (Å²) in [6, 6.07) is 0. The molecule has 0 aromatic rings. The Bertz CT molecular complexity index is 157. The highest BCUT2D eigenvalue weighted by Gasteiger charge is 2.32. The molecule has 1 N–H and O–H groups in total. The summed E-state index contributed by atoms with van der Waals surface area (Å²) in [5, 5.41) is 9.49. The van der Waals surface area contributed by atoms with Gasteiger partial charge in [-0.25, -0.2) is 0 Å². The Kier molecular flexibility index (Phi) is 2.01. The summed E-state index contributed by atoms with van der Waals surface area (Å²) in [5.41, 5.74) is -0.238. The summed E-state index contributed by atoms with van der Waals surface area (Å²) in [6.07, 6.45) is 9.19. The normalized spacial score (nSPS) is 40.7. The smallest absolute Gasteiger partial charge is 0.0702 e.